The molecule has 1 N–H and O–H groups in total. The Kier molecular flexibility index (Phi) is 5.16. The minimum atomic E-state index is -0.0338. The number of nitrogens with one attached hydrogen (secondary N) is 1. The molecule has 0 unspecified atom stereocenters. The van der Waals surface area contributed by atoms with Crippen LogP contribution in [0.15, 0.2) is 54.6 Å². The Balaban J connectivity index is 1.41. The molecule has 4 nitrogen and oxygen atoms in total. The molecular formula is C22H20ClNO3. The van der Waals surface area contributed by atoms with Crippen LogP contribution in [0.5, 0.6) is 11.5 Å². The third kappa shape index (κ3) is 4.17. The van der Waals surface area contributed by atoms with Crippen molar-refractivity contribution in [2.24, 2.45) is 0 Å². The molecule has 0 spiro atoms. The Bertz CT molecular complexity index is 986. The molecule has 0 aromatic heterocycles. The molecule has 138 valence electrons. The predicted molar refractivity (Wildman–Crippen MR) is 107 cm³/mol. The molecule has 0 bridgehead atoms. The minimum absolute atomic E-state index is 0.0338. The first-order valence-electron chi connectivity index (χ1n) is 9.01. The number of hydrogen-bond donors (Lipinski definition) is 1. The van der Waals surface area contributed by atoms with Gasteiger partial charge in [-0.3, -0.25) is 4.79 Å². The number of amides is 1. The zero-order valence-electron chi connectivity index (χ0n) is 14.8. The van der Waals surface area contributed by atoms with E-state index in [4.69, 9.17) is 21.1 Å². The Morgan fingerprint density at radius 1 is 0.963 bits per heavy atom. The minimum Gasteiger partial charge on any atom is -0.489 e. The molecule has 0 aliphatic carbocycles. The number of hydrogen-bond acceptors (Lipinski definition) is 3. The molecule has 0 atom stereocenters. The van der Waals surface area contributed by atoms with Crippen LogP contribution in [0.1, 0.15) is 17.5 Å². The number of benzene rings is 3. The van der Waals surface area contributed by atoms with Crippen molar-refractivity contribution in [1.29, 1.82) is 0 Å². The van der Waals surface area contributed by atoms with Gasteiger partial charge in [-0.05, 0) is 34.0 Å². The summed E-state index contributed by atoms with van der Waals surface area (Å²) in [5.74, 6) is 1.19. The van der Waals surface area contributed by atoms with E-state index < -0.39 is 0 Å². The number of ether oxygens (including phenoxy) is 2. The highest BCUT2D eigenvalue weighted by atomic mass is 35.5. The number of carbonyl (C=O) groups is 1. The molecule has 3 aromatic carbocycles. The van der Waals surface area contributed by atoms with Crippen LogP contribution in [0, 0.1) is 0 Å². The molecule has 0 saturated heterocycles. The Hall–Kier alpha value is -2.72. The lowest BCUT2D eigenvalue weighted by atomic mass is 10.0. The van der Waals surface area contributed by atoms with Gasteiger partial charge in [0.25, 0.3) is 0 Å². The average molecular weight is 382 g/mol. The molecule has 1 aliphatic heterocycles. The van der Waals surface area contributed by atoms with E-state index in [-0.39, 0.29) is 5.91 Å². The second kappa shape index (κ2) is 7.89. The van der Waals surface area contributed by atoms with E-state index in [1.54, 1.807) is 0 Å². The van der Waals surface area contributed by atoms with Crippen molar-refractivity contribution in [2.75, 3.05) is 13.2 Å². The fourth-order valence-electron chi connectivity index (χ4n) is 3.18. The smallest absolute Gasteiger partial charge is 0.224 e. The summed E-state index contributed by atoms with van der Waals surface area (Å²) in [6, 6.07) is 17.9. The van der Waals surface area contributed by atoms with Crippen molar-refractivity contribution in [3.05, 3.63) is 70.7 Å². The van der Waals surface area contributed by atoms with E-state index in [1.165, 1.54) is 5.39 Å². The number of halogens is 1. The molecular weight excluding hydrogens is 362 g/mol. The highest BCUT2D eigenvalue weighted by Gasteiger charge is 2.16. The summed E-state index contributed by atoms with van der Waals surface area (Å²) in [5, 5.41) is 5.77. The van der Waals surface area contributed by atoms with Crippen LogP contribution in [0.2, 0.25) is 5.02 Å². The van der Waals surface area contributed by atoms with E-state index in [1.807, 2.05) is 36.4 Å². The first-order valence-corrected chi connectivity index (χ1v) is 9.39. The average Bonchev–Trinajstić information content (AvgIpc) is 2.92. The molecule has 1 amide bonds. The van der Waals surface area contributed by atoms with E-state index in [9.17, 15) is 4.79 Å². The molecule has 3 aromatic rings. The predicted octanol–water partition coefficient (Wildman–Crippen LogP) is 4.51. The second-order valence-electron chi connectivity index (χ2n) is 6.59. The summed E-state index contributed by atoms with van der Waals surface area (Å²) in [5.41, 5.74) is 1.87. The van der Waals surface area contributed by atoms with Gasteiger partial charge in [-0.15, -0.1) is 0 Å². The molecule has 1 aliphatic rings. The van der Waals surface area contributed by atoms with Gasteiger partial charge in [0, 0.05) is 13.0 Å². The summed E-state index contributed by atoms with van der Waals surface area (Å²) in [4.78, 5) is 12.4. The lowest BCUT2D eigenvalue weighted by Crippen LogP contribution is -2.24. The van der Waals surface area contributed by atoms with Crippen molar-refractivity contribution < 1.29 is 14.3 Å². The van der Waals surface area contributed by atoms with E-state index in [0.717, 1.165) is 22.9 Å². The van der Waals surface area contributed by atoms with Crippen LogP contribution >= 0.6 is 11.6 Å². The number of rotatable bonds is 4. The van der Waals surface area contributed by atoms with Gasteiger partial charge in [0.15, 0.2) is 11.5 Å². The van der Waals surface area contributed by atoms with Crippen molar-refractivity contribution in [3.63, 3.8) is 0 Å². The second-order valence-corrected chi connectivity index (χ2v) is 7.00. The third-order valence-corrected chi connectivity index (χ3v) is 4.81. The summed E-state index contributed by atoms with van der Waals surface area (Å²) in [6.07, 6.45) is 1.16. The summed E-state index contributed by atoms with van der Waals surface area (Å²) < 4.78 is 11.3. The highest BCUT2D eigenvalue weighted by Crippen LogP contribution is 2.37. The van der Waals surface area contributed by atoms with Gasteiger partial charge in [-0.2, -0.15) is 0 Å². The SMILES string of the molecule is O=C(Cc1ccc2ccccc2c1)NCc1cc(Cl)c2c(c1)OCCCO2. The fourth-order valence-corrected chi connectivity index (χ4v) is 3.47. The normalized spacial score (nSPS) is 13.2. The molecule has 0 saturated carbocycles. The third-order valence-electron chi connectivity index (χ3n) is 4.53. The van der Waals surface area contributed by atoms with Crippen LogP contribution in [0.4, 0.5) is 0 Å². The van der Waals surface area contributed by atoms with Gasteiger partial charge in [0.1, 0.15) is 0 Å². The van der Waals surface area contributed by atoms with Crippen molar-refractivity contribution in [1.82, 2.24) is 5.32 Å². The van der Waals surface area contributed by atoms with Crippen molar-refractivity contribution >= 4 is 28.3 Å². The Labute approximate surface area is 163 Å². The zero-order chi connectivity index (χ0) is 18.6. The lowest BCUT2D eigenvalue weighted by molar-refractivity contribution is -0.120. The topological polar surface area (TPSA) is 47.6 Å². The van der Waals surface area contributed by atoms with Crippen LogP contribution in [-0.2, 0) is 17.8 Å². The Morgan fingerprint density at radius 3 is 2.67 bits per heavy atom. The fraction of sp³-hybridized carbons (Fsp3) is 0.227. The van der Waals surface area contributed by atoms with E-state index in [0.29, 0.717) is 42.7 Å². The summed E-state index contributed by atoms with van der Waals surface area (Å²) in [6.45, 7) is 1.58. The molecule has 0 radical (unpaired) electrons. The van der Waals surface area contributed by atoms with Gasteiger partial charge in [-0.1, -0.05) is 54.1 Å². The van der Waals surface area contributed by atoms with Crippen LogP contribution in [0.3, 0.4) is 0 Å². The van der Waals surface area contributed by atoms with E-state index in [2.05, 4.69) is 23.5 Å². The van der Waals surface area contributed by atoms with Gasteiger partial charge >= 0.3 is 0 Å². The monoisotopic (exact) mass is 381 g/mol. The van der Waals surface area contributed by atoms with Crippen LogP contribution in [0.25, 0.3) is 10.8 Å². The standard InChI is InChI=1S/C22H20ClNO3/c23-19-11-16(12-20-22(19)27-9-3-8-26-20)14-24-21(25)13-15-6-7-17-4-1-2-5-18(17)10-15/h1-2,4-7,10-12H,3,8-9,13-14H2,(H,24,25). The van der Waals surface area contributed by atoms with Crippen molar-refractivity contribution in [2.45, 2.75) is 19.4 Å². The maximum Gasteiger partial charge on any atom is 0.224 e. The summed E-state index contributed by atoms with van der Waals surface area (Å²) >= 11 is 6.30. The van der Waals surface area contributed by atoms with Gasteiger partial charge in [0.2, 0.25) is 5.91 Å². The quantitative estimate of drug-likeness (QED) is 0.723. The zero-order valence-corrected chi connectivity index (χ0v) is 15.6. The molecule has 27 heavy (non-hydrogen) atoms. The first kappa shape index (κ1) is 17.7. The number of carbonyl (C=O) groups excluding carboxylic acids is 1. The molecule has 0 fully saturated rings. The van der Waals surface area contributed by atoms with Gasteiger partial charge < -0.3 is 14.8 Å². The Morgan fingerprint density at radius 2 is 1.78 bits per heavy atom. The number of fused-ring (bicyclic) bond motifs is 2. The van der Waals surface area contributed by atoms with E-state index >= 15 is 0 Å². The lowest BCUT2D eigenvalue weighted by Gasteiger charge is -2.12. The molecule has 4 rings (SSSR count). The van der Waals surface area contributed by atoms with Gasteiger partial charge in [-0.25, -0.2) is 0 Å². The van der Waals surface area contributed by atoms with Crippen LogP contribution in [-0.4, -0.2) is 19.1 Å². The first-order chi connectivity index (χ1) is 13.2. The molecule has 5 heteroatoms. The summed E-state index contributed by atoms with van der Waals surface area (Å²) in [7, 11) is 0. The van der Waals surface area contributed by atoms with Crippen molar-refractivity contribution in [3.8, 4) is 11.5 Å². The highest BCUT2D eigenvalue weighted by molar-refractivity contribution is 6.32. The maximum atomic E-state index is 12.4. The maximum absolute atomic E-state index is 12.4. The van der Waals surface area contributed by atoms with Crippen LogP contribution < -0.4 is 14.8 Å². The molecule has 1 heterocycles. The largest absolute Gasteiger partial charge is 0.489 e. The van der Waals surface area contributed by atoms with Gasteiger partial charge in [0.05, 0.1) is 24.7 Å².